The highest BCUT2D eigenvalue weighted by atomic mass is 16.5. The minimum atomic E-state index is -0.671. The average molecular weight is 349 g/mol. The lowest BCUT2D eigenvalue weighted by Gasteiger charge is -2.10. The van der Waals surface area contributed by atoms with E-state index >= 15 is 0 Å². The summed E-state index contributed by atoms with van der Waals surface area (Å²) in [6.07, 6.45) is 0.768. The number of hydrogen-bond donors (Lipinski definition) is 1. The summed E-state index contributed by atoms with van der Waals surface area (Å²) in [6.45, 7) is 1.48. The number of ether oxygens (including phenoxy) is 3. The number of amides is 1. The van der Waals surface area contributed by atoms with Gasteiger partial charge in [-0.1, -0.05) is 6.92 Å². The molecule has 1 saturated carbocycles. The van der Waals surface area contributed by atoms with Crippen LogP contribution in [0.1, 0.15) is 34.1 Å². The molecule has 8 nitrogen and oxygen atoms in total. The molecule has 0 bridgehead atoms. The third-order valence-corrected chi connectivity index (χ3v) is 3.82. The maximum atomic E-state index is 11.9. The van der Waals surface area contributed by atoms with Crippen LogP contribution in [0.25, 0.3) is 0 Å². The molecule has 1 amide bonds. The molecule has 1 N–H and O–H groups in total. The van der Waals surface area contributed by atoms with Crippen molar-refractivity contribution in [2.75, 3.05) is 26.1 Å². The number of carbonyl (C=O) groups excluding carboxylic acids is 4. The van der Waals surface area contributed by atoms with Gasteiger partial charge in [0.05, 0.1) is 31.3 Å². The quantitative estimate of drug-likeness (QED) is 0.611. The van der Waals surface area contributed by atoms with Crippen LogP contribution >= 0.6 is 0 Å². The van der Waals surface area contributed by atoms with E-state index in [0.717, 1.165) is 6.42 Å². The van der Waals surface area contributed by atoms with Gasteiger partial charge in [0.15, 0.2) is 6.61 Å². The molecule has 1 aliphatic carbocycles. The lowest BCUT2D eigenvalue weighted by molar-refractivity contribution is -0.148. The molecule has 2 rings (SSSR count). The SMILES string of the molecule is COC(=O)c1cc(NC(=O)COC(=O)[C@@H]2C[C@@H]2C)cc(C(=O)OC)c1. The van der Waals surface area contributed by atoms with Gasteiger partial charge in [-0.3, -0.25) is 9.59 Å². The molecule has 1 fully saturated rings. The Morgan fingerprint density at radius 3 is 2.00 bits per heavy atom. The summed E-state index contributed by atoms with van der Waals surface area (Å²) in [5.41, 5.74) is 0.332. The Morgan fingerprint density at radius 1 is 1.04 bits per heavy atom. The maximum absolute atomic E-state index is 11.9. The van der Waals surface area contributed by atoms with E-state index in [1.165, 1.54) is 32.4 Å². The molecule has 134 valence electrons. The normalized spacial score (nSPS) is 18.0. The fourth-order valence-electron chi connectivity index (χ4n) is 2.26. The van der Waals surface area contributed by atoms with Crippen LogP contribution in [0.2, 0.25) is 0 Å². The van der Waals surface area contributed by atoms with Gasteiger partial charge in [0.2, 0.25) is 0 Å². The highest BCUT2D eigenvalue weighted by molar-refractivity contribution is 6.00. The number of carbonyl (C=O) groups is 4. The van der Waals surface area contributed by atoms with E-state index in [1.807, 2.05) is 6.92 Å². The highest BCUT2D eigenvalue weighted by Gasteiger charge is 2.40. The second-order valence-corrected chi connectivity index (χ2v) is 5.76. The minimum Gasteiger partial charge on any atom is -0.465 e. The van der Waals surface area contributed by atoms with Gasteiger partial charge in [-0.15, -0.1) is 0 Å². The van der Waals surface area contributed by atoms with Crippen LogP contribution in [0, 0.1) is 11.8 Å². The molecule has 0 aromatic heterocycles. The molecule has 1 aromatic rings. The molecule has 0 heterocycles. The third-order valence-electron chi connectivity index (χ3n) is 3.82. The Balaban J connectivity index is 2.06. The van der Waals surface area contributed by atoms with Gasteiger partial charge >= 0.3 is 17.9 Å². The number of anilines is 1. The molecule has 0 unspecified atom stereocenters. The zero-order valence-corrected chi connectivity index (χ0v) is 14.2. The molecule has 0 aliphatic heterocycles. The van der Waals surface area contributed by atoms with Crippen molar-refractivity contribution in [1.82, 2.24) is 0 Å². The molecule has 0 spiro atoms. The van der Waals surface area contributed by atoms with Gasteiger partial charge in [-0.25, -0.2) is 9.59 Å². The molecule has 1 aliphatic rings. The number of rotatable bonds is 6. The molecule has 25 heavy (non-hydrogen) atoms. The largest absolute Gasteiger partial charge is 0.465 e. The number of esters is 3. The fraction of sp³-hybridized carbons (Fsp3) is 0.412. The zero-order chi connectivity index (χ0) is 18.6. The van der Waals surface area contributed by atoms with Gasteiger partial charge in [0.25, 0.3) is 5.91 Å². The Labute approximate surface area is 144 Å². The van der Waals surface area contributed by atoms with Gasteiger partial charge < -0.3 is 19.5 Å². The Morgan fingerprint density at radius 2 is 1.56 bits per heavy atom. The van der Waals surface area contributed by atoms with Crippen molar-refractivity contribution in [2.45, 2.75) is 13.3 Å². The molecular weight excluding hydrogens is 330 g/mol. The summed E-state index contributed by atoms with van der Waals surface area (Å²) in [7, 11) is 2.40. The smallest absolute Gasteiger partial charge is 0.337 e. The monoisotopic (exact) mass is 349 g/mol. The summed E-state index contributed by atoms with van der Waals surface area (Å²) in [6, 6.07) is 3.99. The number of nitrogens with one attached hydrogen (secondary N) is 1. The average Bonchev–Trinajstić information content (AvgIpc) is 3.34. The Bertz CT molecular complexity index is 679. The Kier molecular flexibility index (Phi) is 5.74. The van der Waals surface area contributed by atoms with E-state index in [9.17, 15) is 19.2 Å². The van der Waals surface area contributed by atoms with Crippen molar-refractivity contribution < 1.29 is 33.4 Å². The predicted molar refractivity (Wildman–Crippen MR) is 86.0 cm³/mol. The zero-order valence-electron chi connectivity index (χ0n) is 14.2. The first-order valence-corrected chi connectivity index (χ1v) is 7.64. The molecule has 2 atom stereocenters. The number of benzene rings is 1. The van der Waals surface area contributed by atoms with E-state index in [4.69, 9.17) is 4.74 Å². The van der Waals surface area contributed by atoms with Crippen LogP contribution in [0.3, 0.4) is 0 Å². The van der Waals surface area contributed by atoms with Gasteiger partial charge in [0, 0.05) is 5.69 Å². The minimum absolute atomic E-state index is 0.0736. The van der Waals surface area contributed by atoms with Gasteiger partial charge in [-0.05, 0) is 30.5 Å². The molecule has 0 radical (unpaired) electrons. The van der Waals surface area contributed by atoms with Crippen LogP contribution in [-0.4, -0.2) is 44.6 Å². The van der Waals surface area contributed by atoms with Crippen LogP contribution < -0.4 is 5.32 Å². The first-order chi connectivity index (χ1) is 11.8. The van der Waals surface area contributed by atoms with E-state index < -0.39 is 30.4 Å². The van der Waals surface area contributed by atoms with Crippen LogP contribution in [0.15, 0.2) is 18.2 Å². The summed E-state index contributed by atoms with van der Waals surface area (Å²) in [5.74, 6) is -2.18. The molecule has 0 saturated heterocycles. The van der Waals surface area contributed by atoms with E-state index in [2.05, 4.69) is 14.8 Å². The molecule has 1 aromatic carbocycles. The number of methoxy groups -OCH3 is 2. The van der Waals surface area contributed by atoms with E-state index in [0.29, 0.717) is 0 Å². The van der Waals surface area contributed by atoms with E-state index in [-0.39, 0.29) is 28.7 Å². The summed E-state index contributed by atoms with van der Waals surface area (Å²) in [4.78, 5) is 46.9. The van der Waals surface area contributed by atoms with Crippen LogP contribution in [0.4, 0.5) is 5.69 Å². The van der Waals surface area contributed by atoms with Crippen molar-refractivity contribution in [2.24, 2.45) is 11.8 Å². The first kappa shape index (κ1) is 18.4. The van der Waals surface area contributed by atoms with E-state index in [1.54, 1.807) is 0 Å². The van der Waals surface area contributed by atoms with Crippen molar-refractivity contribution >= 4 is 29.5 Å². The van der Waals surface area contributed by atoms with Gasteiger partial charge in [0.1, 0.15) is 0 Å². The summed E-state index contributed by atoms with van der Waals surface area (Å²) in [5, 5.41) is 2.47. The maximum Gasteiger partial charge on any atom is 0.337 e. The summed E-state index contributed by atoms with van der Waals surface area (Å²) >= 11 is 0. The lowest BCUT2D eigenvalue weighted by Crippen LogP contribution is -2.22. The standard InChI is InChI=1S/C17H19NO7/c1-9-4-13(9)17(22)25-8-14(19)18-12-6-10(15(20)23-2)5-11(7-12)16(21)24-3/h5-7,9,13H,4,8H2,1-3H3,(H,18,19)/t9-,13+/m0/s1. The topological polar surface area (TPSA) is 108 Å². The number of hydrogen-bond acceptors (Lipinski definition) is 7. The van der Waals surface area contributed by atoms with Crippen molar-refractivity contribution in [1.29, 1.82) is 0 Å². The molecule has 8 heteroatoms. The fourth-order valence-corrected chi connectivity index (χ4v) is 2.26. The van der Waals surface area contributed by atoms with Crippen molar-refractivity contribution in [3.8, 4) is 0 Å². The van der Waals surface area contributed by atoms with Crippen molar-refractivity contribution in [3.05, 3.63) is 29.3 Å². The second kappa shape index (κ2) is 7.78. The highest BCUT2D eigenvalue weighted by Crippen LogP contribution is 2.38. The van der Waals surface area contributed by atoms with Crippen molar-refractivity contribution in [3.63, 3.8) is 0 Å². The molecular formula is C17H19NO7. The lowest BCUT2D eigenvalue weighted by atomic mass is 10.1. The first-order valence-electron chi connectivity index (χ1n) is 7.64. The Hall–Kier alpha value is -2.90. The van der Waals surface area contributed by atoms with Crippen LogP contribution in [-0.2, 0) is 23.8 Å². The second-order valence-electron chi connectivity index (χ2n) is 5.76. The predicted octanol–water partition coefficient (Wildman–Crippen LogP) is 1.40. The summed E-state index contributed by atoms with van der Waals surface area (Å²) < 4.78 is 14.2. The van der Waals surface area contributed by atoms with Crippen LogP contribution in [0.5, 0.6) is 0 Å². The third kappa shape index (κ3) is 4.79. The van der Waals surface area contributed by atoms with Gasteiger partial charge in [-0.2, -0.15) is 0 Å².